The number of Topliss-reactive ketones (excluding diaryl/α,β-unsaturated/α-hetero) is 1. The number of carboxylic acid groups (broad SMARTS) is 1. The lowest BCUT2D eigenvalue weighted by molar-refractivity contribution is -0.149. The summed E-state index contributed by atoms with van der Waals surface area (Å²) in [6, 6.07) is 4.94. The van der Waals surface area contributed by atoms with Crippen LogP contribution in [0.4, 0.5) is 0 Å². The second-order valence-corrected chi connectivity index (χ2v) is 7.49. The molecule has 154 valence electrons. The number of hydrogen-bond donors (Lipinski definition) is 2. The smallest absolute Gasteiger partial charge is 0.329 e. The van der Waals surface area contributed by atoms with E-state index in [0.717, 1.165) is 12.8 Å². The van der Waals surface area contributed by atoms with Crippen LogP contribution >= 0.6 is 0 Å². The molecule has 1 saturated carbocycles. The first-order chi connectivity index (χ1) is 13.3. The van der Waals surface area contributed by atoms with Gasteiger partial charge in [0.25, 0.3) is 0 Å². The van der Waals surface area contributed by atoms with Crippen molar-refractivity contribution in [2.24, 2.45) is 5.92 Å². The van der Waals surface area contributed by atoms with Crippen LogP contribution in [0.1, 0.15) is 62.7 Å². The lowest BCUT2D eigenvalue weighted by atomic mass is 9.77. The molecule has 1 aromatic carbocycles. The SMILES string of the molecule is COc1cc(C(C)=O)ccc1OCCCC(=O)NC1(C(=O)O)CCC(C)CC1. The maximum atomic E-state index is 12.3. The molecule has 0 saturated heterocycles. The van der Waals surface area contributed by atoms with Crippen LogP contribution in [-0.2, 0) is 9.59 Å². The topological polar surface area (TPSA) is 102 Å². The molecule has 2 rings (SSSR count). The molecular weight excluding hydrogens is 362 g/mol. The highest BCUT2D eigenvalue weighted by molar-refractivity contribution is 5.94. The van der Waals surface area contributed by atoms with Crippen molar-refractivity contribution in [1.82, 2.24) is 5.32 Å². The van der Waals surface area contributed by atoms with E-state index in [1.807, 2.05) is 0 Å². The number of ether oxygens (including phenoxy) is 2. The Bertz CT molecular complexity index is 722. The molecule has 0 aliphatic heterocycles. The summed E-state index contributed by atoms with van der Waals surface area (Å²) in [5.41, 5.74) is -0.611. The summed E-state index contributed by atoms with van der Waals surface area (Å²) in [7, 11) is 1.50. The maximum absolute atomic E-state index is 12.3. The fourth-order valence-corrected chi connectivity index (χ4v) is 3.40. The summed E-state index contributed by atoms with van der Waals surface area (Å²) >= 11 is 0. The standard InChI is InChI=1S/C21H29NO6/c1-14-8-10-21(11-9-14,20(25)26)22-19(24)5-4-12-28-17-7-6-16(15(2)23)13-18(17)27-3/h6-7,13-14H,4-5,8-12H2,1-3H3,(H,22,24)(H,25,26). The van der Waals surface area contributed by atoms with Crippen LogP contribution in [0.15, 0.2) is 18.2 Å². The fourth-order valence-electron chi connectivity index (χ4n) is 3.40. The van der Waals surface area contributed by atoms with Crippen LogP contribution in [0.5, 0.6) is 11.5 Å². The summed E-state index contributed by atoms with van der Waals surface area (Å²) in [5.74, 6) is 0.140. The molecule has 7 nitrogen and oxygen atoms in total. The first kappa shape index (κ1) is 21.7. The van der Waals surface area contributed by atoms with Gasteiger partial charge in [-0.1, -0.05) is 6.92 Å². The molecule has 1 fully saturated rings. The lowest BCUT2D eigenvalue weighted by Crippen LogP contribution is -2.56. The second kappa shape index (κ2) is 9.57. The predicted octanol–water partition coefficient (Wildman–Crippen LogP) is 3.21. The number of ketones is 1. The quantitative estimate of drug-likeness (QED) is 0.495. The number of aliphatic carboxylic acids is 1. The van der Waals surface area contributed by atoms with Crippen molar-refractivity contribution in [3.63, 3.8) is 0 Å². The first-order valence-electron chi connectivity index (χ1n) is 9.63. The molecule has 0 heterocycles. The van der Waals surface area contributed by atoms with Crippen molar-refractivity contribution < 1.29 is 29.0 Å². The highest BCUT2D eigenvalue weighted by Gasteiger charge is 2.42. The van der Waals surface area contributed by atoms with Gasteiger partial charge >= 0.3 is 5.97 Å². The van der Waals surface area contributed by atoms with Gasteiger partial charge in [0.1, 0.15) is 5.54 Å². The van der Waals surface area contributed by atoms with E-state index in [4.69, 9.17) is 9.47 Å². The van der Waals surface area contributed by atoms with E-state index >= 15 is 0 Å². The zero-order valence-electron chi connectivity index (χ0n) is 16.7. The Kier molecular flexibility index (Phi) is 7.43. The largest absolute Gasteiger partial charge is 0.493 e. The van der Waals surface area contributed by atoms with Gasteiger partial charge in [-0.2, -0.15) is 0 Å². The molecule has 1 amide bonds. The molecule has 0 bridgehead atoms. The predicted molar refractivity (Wildman–Crippen MR) is 104 cm³/mol. The average Bonchev–Trinajstić information content (AvgIpc) is 2.67. The number of carbonyl (C=O) groups is 3. The summed E-state index contributed by atoms with van der Waals surface area (Å²) in [5, 5.41) is 12.3. The zero-order chi connectivity index (χ0) is 20.7. The summed E-state index contributed by atoms with van der Waals surface area (Å²) < 4.78 is 10.9. The molecule has 0 aromatic heterocycles. The van der Waals surface area contributed by atoms with Gasteiger partial charge < -0.3 is 19.9 Å². The Morgan fingerprint density at radius 1 is 1.21 bits per heavy atom. The third kappa shape index (κ3) is 5.47. The number of methoxy groups -OCH3 is 1. The minimum absolute atomic E-state index is 0.0639. The minimum atomic E-state index is -1.14. The number of nitrogens with one attached hydrogen (secondary N) is 1. The fraction of sp³-hybridized carbons (Fsp3) is 0.571. The highest BCUT2D eigenvalue weighted by atomic mass is 16.5. The summed E-state index contributed by atoms with van der Waals surface area (Å²) in [6.07, 6.45) is 3.14. The van der Waals surface area contributed by atoms with E-state index < -0.39 is 11.5 Å². The Morgan fingerprint density at radius 2 is 1.89 bits per heavy atom. The summed E-state index contributed by atoms with van der Waals surface area (Å²) in [4.78, 5) is 35.4. The van der Waals surface area contributed by atoms with Crippen molar-refractivity contribution in [2.45, 2.75) is 57.9 Å². The van der Waals surface area contributed by atoms with Crippen LogP contribution in [0, 0.1) is 5.92 Å². The monoisotopic (exact) mass is 391 g/mol. The third-order valence-electron chi connectivity index (χ3n) is 5.29. The minimum Gasteiger partial charge on any atom is -0.493 e. The molecule has 0 atom stereocenters. The van der Waals surface area contributed by atoms with Crippen LogP contribution in [-0.4, -0.2) is 42.0 Å². The van der Waals surface area contributed by atoms with Crippen molar-refractivity contribution in [3.8, 4) is 11.5 Å². The maximum Gasteiger partial charge on any atom is 0.329 e. The summed E-state index contributed by atoms with van der Waals surface area (Å²) in [6.45, 7) is 3.85. The average molecular weight is 391 g/mol. The Labute approximate surface area is 165 Å². The lowest BCUT2D eigenvalue weighted by Gasteiger charge is -2.36. The molecule has 7 heteroatoms. The van der Waals surface area contributed by atoms with Crippen molar-refractivity contribution >= 4 is 17.7 Å². The van der Waals surface area contributed by atoms with Gasteiger partial charge in [0.2, 0.25) is 5.91 Å². The Balaban J connectivity index is 1.84. The van der Waals surface area contributed by atoms with E-state index in [2.05, 4.69) is 12.2 Å². The van der Waals surface area contributed by atoms with Crippen molar-refractivity contribution in [2.75, 3.05) is 13.7 Å². The molecular formula is C21H29NO6. The second-order valence-electron chi connectivity index (χ2n) is 7.49. The third-order valence-corrected chi connectivity index (χ3v) is 5.29. The number of benzene rings is 1. The van der Waals surface area contributed by atoms with E-state index in [9.17, 15) is 19.5 Å². The van der Waals surface area contributed by atoms with E-state index in [0.29, 0.717) is 42.2 Å². The zero-order valence-corrected chi connectivity index (χ0v) is 16.7. The molecule has 0 spiro atoms. The van der Waals surface area contributed by atoms with Gasteiger partial charge in [-0.15, -0.1) is 0 Å². The van der Waals surface area contributed by atoms with E-state index in [1.54, 1.807) is 18.2 Å². The van der Waals surface area contributed by atoms with Crippen molar-refractivity contribution in [3.05, 3.63) is 23.8 Å². The molecule has 28 heavy (non-hydrogen) atoms. The molecule has 1 aromatic rings. The first-order valence-corrected chi connectivity index (χ1v) is 9.63. The van der Waals surface area contributed by atoms with Crippen LogP contribution in [0.3, 0.4) is 0 Å². The molecule has 1 aliphatic rings. The van der Waals surface area contributed by atoms with Gasteiger partial charge in [0.15, 0.2) is 17.3 Å². The molecule has 0 radical (unpaired) electrons. The van der Waals surface area contributed by atoms with E-state index in [1.165, 1.54) is 14.0 Å². The molecule has 1 aliphatic carbocycles. The van der Waals surface area contributed by atoms with Crippen LogP contribution in [0.2, 0.25) is 0 Å². The van der Waals surface area contributed by atoms with Crippen LogP contribution in [0.25, 0.3) is 0 Å². The number of amides is 1. The number of rotatable bonds is 9. The van der Waals surface area contributed by atoms with Gasteiger partial charge in [0.05, 0.1) is 13.7 Å². The van der Waals surface area contributed by atoms with Crippen LogP contribution < -0.4 is 14.8 Å². The van der Waals surface area contributed by atoms with Gasteiger partial charge in [0, 0.05) is 12.0 Å². The van der Waals surface area contributed by atoms with Gasteiger partial charge in [-0.3, -0.25) is 9.59 Å². The number of carboxylic acids is 1. The number of carbonyl (C=O) groups excluding carboxylic acids is 2. The van der Waals surface area contributed by atoms with E-state index in [-0.39, 0.29) is 24.7 Å². The Hall–Kier alpha value is -2.57. The van der Waals surface area contributed by atoms with Gasteiger partial charge in [-0.05, 0) is 63.1 Å². The van der Waals surface area contributed by atoms with Gasteiger partial charge in [-0.25, -0.2) is 4.79 Å². The number of hydrogen-bond acceptors (Lipinski definition) is 5. The Morgan fingerprint density at radius 3 is 2.46 bits per heavy atom. The molecule has 0 unspecified atom stereocenters. The highest BCUT2D eigenvalue weighted by Crippen LogP contribution is 2.32. The van der Waals surface area contributed by atoms with Crippen molar-refractivity contribution in [1.29, 1.82) is 0 Å². The normalized spacial score (nSPS) is 21.6. The molecule has 2 N–H and O–H groups in total.